The van der Waals surface area contributed by atoms with Gasteiger partial charge in [-0.2, -0.15) is 0 Å². The molecule has 7 rings (SSSR count). The Morgan fingerprint density at radius 3 is 2.33 bits per heavy atom. The van der Waals surface area contributed by atoms with Crippen LogP contribution in [0.1, 0.15) is 30.5 Å². The van der Waals surface area contributed by atoms with E-state index in [1.165, 1.54) is 32.5 Å². The van der Waals surface area contributed by atoms with Crippen LogP contribution in [0.4, 0.5) is 0 Å². The van der Waals surface area contributed by atoms with Gasteiger partial charge in [0.05, 0.1) is 16.9 Å². The molecule has 0 saturated carbocycles. The first-order chi connectivity index (χ1) is 20.5. The zero-order valence-corrected chi connectivity index (χ0v) is 28.0. The molecule has 3 nitrogen and oxygen atoms in total. The Morgan fingerprint density at radius 2 is 1.60 bits per heavy atom. The first kappa shape index (κ1) is 30.6. The summed E-state index contributed by atoms with van der Waals surface area (Å²) < 4.78 is 3.60. The van der Waals surface area contributed by atoms with Crippen molar-refractivity contribution in [2.45, 2.75) is 34.1 Å². The molecule has 0 bridgehead atoms. The Kier molecular flexibility index (Phi) is 9.67. The molecule has 0 atom stereocenters. The molecule has 0 aliphatic rings. The minimum Gasteiger partial charge on any atom is -0.333 e. The maximum Gasteiger partial charge on any atom is 0.0774 e. The van der Waals surface area contributed by atoms with Crippen molar-refractivity contribution >= 4 is 32.5 Å². The van der Waals surface area contributed by atoms with Crippen LogP contribution in [0.3, 0.4) is 0 Å². The van der Waals surface area contributed by atoms with Crippen molar-refractivity contribution in [3.05, 3.63) is 137 Å². The van der Waals surface area contributed by atoms with Gasteiger partial charge in [-0.3, -0.25) is 16.3 Å². The van der Waals surface area contributed by atoms with Crippen molar-refractivity contribution in [1.29, 1.82) is 0 Å². The van der Waals surface area contributed by atoms with Crippen LogP contribution in [0.15, 0.2) is 109 Å². The van der Waals surface area contributed by atoms with Crippen molar-refractivity contribution in [3.63, 3.8) is 0 Å². The Labute approximate surface area is 271 Å². The van der Waals surface area contributed by atoms with E-state index in [2.05, 4.69) is 109 Å². The van der Waals surface area contributed by atoms with E-state index in [-0.39, 0.29) is 20.1 Å². The van der Waals surface area contributed by atoms with Gasteiger partial charge in [0.1, 0.15) is 0 Å². The number of fused-ring (bicyclic) bond motifs is 2. The zero-order valence-electron chi connectivity index (χ0n) is 24.8. The molecule has 0 saturated heterocycles. The molecule has 217 valence electrons. The summed E-state index contributed by atoms with van der Waals surface area (Å²) in [6.07, 6.45) is 2.89. The van der Waals surface area contributed by atoms with Gasteiger partial charge in [0.25, 0.3) is 0 Å². The van der Waals surface area contributed by atoms with Gasteiger partial charge >= 0.3 is 0 Å². The van der Waals surface area contributed by atoms with Crippen molar-refractivity contribution in [1.82, 2.24) is 14.5 Å². The third kappa shape index (κ3) is 6.55. The number of rotatable bonds is 5. The Morgan fingerprint density at radius 1 is 0.837 bits per heavy atom. The van der Waals surface area contributed by atoms with Crippen LogP contribution in [0, 0.1) is 31.2 Å². The molecule has 4 aromatic carbocycles. The second kappa shape index (κ2) is 13.6. The van der Waals surface area contributed by atoms with Crippen molar-refractivity contribution in [2.75, 3.05) is 0 Å². The molecule has 0 fully saturated rings. The molecule has 0 spiro atoms. The Bertz CT molecular complexity index is 1900. The molecule has 0 N–H and O–H groups in total. The number of hydrogen-bond donors (Lipinski definition) is 0. The zero-order chi connectivity index (χ0) is 29.1. The monoisotopic (exact) mass is 756 g/mol. The maximum absolute atomic E-state index is 5.07. The van der Waals surface area contributed by atoms with Crippen molar-refractivity contribution in [2.24, 2.45) is 5.92 Å². The largest absolute Gasteiger partial charge is 0.333 e. The average Bonchev–Trinajstić information content (AvgIpc) is 3.59. The van der Waals surface area contributed by atoms with Crippen LogP contribution in [0.5, 0.6) is 0 Å². The van der Waals surface area contributed by atoms with Crippen LogP contribution in [0.25, 0.3) is 49.5 Å². The van der Waals surface area contributed by atoms with Gasteiger partial charge < -0.3 is 9.55 Å². The average molecular weight is 756 g/mol. The molecule has 3 heterocycles. The molecule has 0 unspecified atom stereocenters. The predicted molar refractivity (Wildman–Crippen MR) is 177 cm³/mol. The van der Waals surface area contributed by atoms with Crippen LogP contribution >= 0.6 is 11.3 Å². The first-order valence-electron chi connectivity index (χ1n) is 14.4. The Hall–Kier alpha value is -3.89. The standard InChI is InChI=1S/C27H25N2S.C11H8N.Ir/c1-17(2)14-20-12-13-21-22(16-30-25(21)15-20)27-28-23-10-5-6-11-24(23)29(27)26-18(3)8-7-9-19(26)4;1-2-6-10(7-3-1)11-8-4-5-9-12-11;/h5-13,15,17H,14H2,1-4H3;1-6,8-9H;/q2*-1;. The first-order valence-corrected chi connectivity index (χ1v) is 15.2. The van der Waals surface area contributed by atoms with Gasteiger partial charge in [-0.05, 0) is 61.2 Å². The normalized spacial score (nSPS) is 10.9. The summed E-state index contributed by atoms with van der Waals surface area (Å²) >= 11 is 1.69. The molecular weight excluding hydrogens is 723 g/mol. The topological polar surface area (TPSA) is 30.7 Å². The number of pyridine rings is 1. The van der Waals surface area contributed by atoms with E-state index in [0.717, 1.165) is 40.1 Å². The van der Waals surface area contributed by atoms with Gasteiger partial charge in [0.15, 0.2) is 0 Å². The van der Waals surface area contributed by atoms with E-state index in [9.17, 15) is 0 Å². The van der Waals surface area contributed by atoms with E-state index in [1.54, 1.807) is 17.5 Å². The minimum atomic E-state index is 0. The number of thiophene rings is 1. The van der Waals surface area contributed by atoms with E-state index in [4.69, 9.17) is 4.98 Å². The van der Waals surface area contributed by atoms with Gasteiger partial charge in [-0.25, -0.2) is 0 Å². The van der Waals surface area contributed by atoms with Gasteiger partial charge in [0.2, 0.25) is 0 Å². The fraction of sp³-hybridized carbons (Fsp3) is 0.158. The number of aromatic nitrogens is 3. The number of aryl methyl sites for hydroxylation is 2. The van der Waals surface area contributed by atoms with Crippen molar-refractivity contribution in [3.8, 4) is 28.3 Å². The van der Waals surface area contributed by atoms with E-state index in [1.807, 2.05) is 42.5 Å². The summed E-state index contributed by atoms with van der Waals surface area (Å²) in [7, 11) is 0. The summed E-state index contributed by atoms with van der Waals surface area (Å²) in [6, 6.07) is 38.5. The summed E-state index contributed by atoms with van der Waals surface area (Å²) in [5.74, 6) is 1.62. The van der Waals surface area contributed by atoms with Crippen LogP contribution < -0.4 is 0 Å². The third-order valence-electron chi connectivity index (χ3n) is 7.32. The SMILES string of the molecule is Cc1cccc(C)c1-n1c(-c2[c-]sc3cc(CC(C)C)ccc23)nc2ccccc21.[Ir].[c-]1ccccc1-c1ccccn1. The molecule has 1 radical (unpaired) electrons. The van der Waals surface area contributed by atoms with Gasteiger partial charge in [0, 0.05) is 32.0 Å². The Balaban J connectivity index is 0.000000238. The maximum atomic E-state index is 5.07. The minimum absolute atomic E-state index is 0. The molecule has 43 heavy (non-hydrogen) atoms. The quantitative estimate of drug-likeness (QED) is 0.164. The molecular formula is C38H33IrN3S-2. The summed E-state index contributed by atoms with van der Waals surface area (Å²) in [4.78, 5) is 9.29. The van der Waals surface area contributed by atoms with Crippen LogP contribution in [-0.2, 0) is 26.5 Å². The second-order valence-corrected chi connectivity index (χ2v) is 11.8. The number of imidazole rings is 1. The fourth-order valence-corrected chi connectivity index (χ4v) is 6.34. The summed E-state index contributed by atoms with van der Waals surface area (Å²) in [6.45, 7) is 8.88. The van der Waals surface area contributed by atoms with Crippen molar-refractivity contribution < 1.29 is 20.1 Å². The number of nitrogens with zero attached hydrogens (tertiary/aromatic N) is 3. The van der Waals surface area contributed by atoms with E-state index >= 15 is 0 Å². The van der Waals surface area contributed by atoms with Crippen LogP contribution in [0.2, 0.25) is 0 Å². The van der Waals surface area contributed by atoms with Gasteiger partial charge in [-0.1, -0.05) is 89.7 Å². The van der Waals surface area contributed by atoms with Gasteiger partial charge in [-0.15, -0.1) is 47.3 Å². The number of benzene rings is 4. The van der Waals surface area contributed by atoms with E-state index < -0.39 is 0 Å². The molecule has 3 aromatic heterocycles. The molecule has 0 amide bonds. The van der Waals surface area contributed by atoms with E-state index in [0.29, 0.717) is 5.92 Å². The smallest absolute Gasteiger partial charge is 0.0774 e. The second-order valence-electron chi connectivity index (χ2n) is 11.0. The number of hydrogen-bond acceptors (Lipinski definition) is 3. The molecule has 0 aliphatic heterocycles. The molecule has 0 aliphatic carbocycles. The third-order valence-corrected chi connectivity index (χ3v) is 8.18. The number of para-hydroxylation sites is 3. The predicted octanol–water partition coefficient (Wildman–Crippen LogP) is 10.1. The molecule has 5 heteroatoms. The molecule has 7 aromatic rings. The summed E-state index contributed by atoms with van der Waals surface area (Å²) in [5.41, 5.74) is 10.3. The summed E-state index contributed by atoms with van der Waals surface area (Å²) in [5, 5.41) is 4.81. The fourth-order valence-electron chi connectivity index (χ4n) is 5.44. The van der Waals surface area contributed by atoms with Crippen LogP contribution in [-0.4, -0.2) is 14.5 Å².